The maximum Gasteiger partial charge on any atom is 0.326 e. The first-order chi connectivity index (χ1) is 12.6. The van der Waals surface area contributed by atoms with E-state index in [1.807, 2.05) is 6.92 Å². The maximum absolute atomic E-state index is 12.5. The van der Waals surface area contributed by atoms with Gasteiger partial charge in [-0.3, -0.25) is 4.79 Å². The molecule has 0 saturated carbocycles. The second kappa shape index (κ2) is 7.90. The SMILES string of the molecule is CCCC[C@H](NC(=O)c1ncoc1-c1ccc2c(c1)OCCO2)C(=O)O. The average molecular weight is 360 g/mol. The molecule has 2 aromatic rings. The normalized spacial score (nSPS) is 13.9. The smallest absolute Gasteiger partial charge is 0.326 e. The van der Waals surface area contributed by atoms with E-state index >= 15 is 0 Å². The second-order valence-corrected chi connectivity index (χ2v) is 5.90. The highest BCUT2D eigenvalue weighted by molar-refractivity contribution is 5.99. The van der Waals surface area contributed by atoms with E-state index < -0.39 is 17.9 Å². The van der Waals surface area contributed by atoms with E-state index in [9.17, 15) is 14.7 Å². The van der Waals surface area contributed by atoms with Crippen molar-refractivity contribution in [3.05, 3.63) is 30.3 Å². The van der Waals surface area contributed by atoms with Gasteiger partial charge in [0, 0.05) is 5.56 Å². The molecule has 0 unspecified atom stereocenters. The van der Waals surface area contributed by atoms with Gasteiger partial charge in [-0.15, -0.1) is 0 Å². The fourth-order valence-corrected chi connectivity index (χ4v) is 2.69. The van der Waals surface area contributed by atoms with Crippen LogP contribution < -0.4 is 14.8 Å². The Bertz CT molecular complexity index is 801. The summed E-state index contributed by atoms with van der Waals surface area (Å²) in [6, 6.07) is 4.20. The fourth-order valence-electron chi connectivity index (χ4n) is 2.69. The van der Waals surface area contributed by atoms with Crippen LogP contribution in [0.1, 0.15) is 36.7 Å². The quantitative estimate of drug-likeness (QED) is 0.780. The van der Waals surface area contributed by atoms with Gasteiger partial charge >= 0.3 is 5.97 Å². The lowest BCUT2D eigenvalue weighted by atomic mass is 10.1. The zero-order valence-electron chi connectivity index (χ0n) is 14.4. The van der Waals surface area contributed by atoms with Crippen molar-refractivity contribution in [2.24, 2.45) is 0 Å². The number of carbonyl (C=O) groups excluding carboxylic acids is 1. The molecule has 2 heterocycles. The molecule has 1 aliphatic heterocycles. The van der Waals surface area contributed by atoms with E-state index in [0.29, 0.717) is 43.1 Å². The van der Waals surface area contributed by atoms with Gasteiger partial charge in [-0.05, 0) is 24.6 Å². The third-order valence-electron chi connectivity index (χ3n) is 4.04. The van der Waals surface area contributed by atoms with Crippen molar-refractivity contribution in [2.45, 2.75) is 32.2 Å². The Morgan fingerprint density at radius 3 is 2.77 bits per heavy atom. The molecule has 0 fully saturated rings. The van der Waals surface area contributed by atoms with Crippen LogP contribution in [0.2, 0.25) is 0 Å². The molecule has 1 amide bonds. The predicted octanol–water partition coefficient (Wildman–Crippen LogP) is 2.49. The largest absolute Gasteiger partial charge is 0.486 e. The van der Waals surface area contributed by atoms with Gasteiger partial charge in [-0.2, -0.15) is 0 Å². The number of rotatable bonds is 7. The lowest BCUT2D eigenvalue weighted by Gasteiger charge is -2.18. The molecule has 1 atom stereocenters. The predicted molar refractivity (Wildman–Crippen MR) is 91.3 cm³/mol. The van der Waals surface area contributed by atoms with Crippen molar-refractivity contribution >= 4 is 11.9 Å². The van der Waals surface area contributed by atoms with Crippen LogP contribution in [0.5, 0.6) is 11.5 Å². The molecule has 8 nitrogen and oxygen atoms in total. The second-order valence-electron chi connectivity index (χ2n) is 5.90. The molecule has 1 aliphatic rings. The molecule has 1 aromatic carbocycles. The summed E-state index contributed by atoms with van der Waals surface area (Å²) >= 11 is 0. The van der Waals surface area contributed by atoms with Crippen LogP contribution in [0.25, 0.3) is 11.3 Å². The Morgan fingerprint density at radius 2 is 2.04 bits per heavy atom. The number of unbranched alkanes of at least 4 members (excludes halogenated alkanes) is 1. The highest BCUT2D eigenvalue weighted by Crippen LogP contribution is 2.35. The lowest BCUT2D eigenvalue weighted by molar-refractivity contribution is -0.139. The third-order valence-corrected chi connectivity index (χ3v) is 4.04. The van der Waals surface area contributed by atoms with Crippen LogP contribution >= 0.6 is 0 Å². The van der Waals surface area contributed by atoms with Crippen LogP contribution in [-0.4, -0.2) is 41.2 Å². The first-order valence-corrected chi connectivity index (χ1v) is 8.47. The summed E-state index contributed by atoms with van der Waals surface area (Å²) in [5, 5.41) is 11.8. The van der Waals surface area contributed by atoms with Crippen LogP contribution in [-0.2, 0) is 4.79 Å². The summed E-state index contributed by atoms with van der Waals surface area (Å²) in [7, 11) is 0. The lowest BCUT2D eigenvalue weighted by Crippen LogP contribution is -2.41. The molecule has 3 rings (SSSR count). The van der Waals surface area contributed by atoms with Crippen molar-refractivity contribution in [3.8, 4) is 22.8 Å². The number of nitrogens with one attached hydrogen (secondary N) is 1. The summed E-state index contributed by atoms with van der Waals surface area (Å²) in [4.78, 5) is 27.8. The molecule has 2 N–H and O–H groups in total. The maximum atomic E-state index is 12.5. The van der Waals surface area contributed by atoms with Crippen molar-refractivity contribution in [1.82, 2.24) is 10.3 Å². The molecule has 1 aromatic heterocycles. The van der Waals surface area contributed by atoms with Gasteiger partial charge < -0.3 is 24.3 Å². The van der Waals surface area contributed by atoms with E-state index in [-0.39, 0.29) is 11.5 Å². The van der Waals surface area contributed by atoms with Crippen molar-refractivity contribution in [2.75, 3.05) is 13.2 Å². The van der Waals surface area contributed by atoms with Crippen LogP contribution in [0.4, 0.5) is 0 Å². The first-order valence-electron chi connectivity index (χ1n) is 8.47. The Hall–Kier alpha value is -3.03. The number of amides is 1. The van der Waals surface area contributed by atoms with Gasteiger partial charge in [-0.25, -0.2) is 9.78 Å². The molecule has 138 valence electrons. The highest BCUT2D eigenvalue weighted by atomic mass is 16.6. The zero-order valence-corrected chi connectivity index (χ0v) is 14.4. The van der Waals surface area contributed by atoms with Crippen LogP contribution in [0.15, 0.2) is 29.0 Å². The number of benzene rings is 1. The summed E-state index contributed by atoms with van der Waals surface area (Å²) in [5.74, 6) is -0.235. The van der Waals surface area contributed by atoms with Gasteiger partial charge in [0.25, 0.3) is 5.91 Å². The first kappa shape index (κ1) is 17.8. The summed E-state index contributed by atoms with van der Waals surface area (Å²) in [6.07, 6.45) is 3.05. The standard InChI is InChI=1S/C18H20N2O6/c1-2-3-4-12(18(22)23)20-17(21)15-16(26-10-19-15)11-5-6-13-14(9-11)25-8-7-24-13/h5-6,9-10,12H,2-4,7-8H2,1H3,(H,20,21)(H,22,23)/t12-/m0/s1. The Morgan fingerprint density at radius 1 is 1.27 bits per heavy atom. The molecule has 0 saturated heterocycles. The number of carboxylic acid groups (broad SMARTS) is 1. The molecular weight excluding hydrogens is 340 g/mol. The summed E-state index contributed by atoms with van der Waals surface area (Å²) < 4.78 is 16.4. The summed E-state index contributed by atoms with van der Waals surface area (Å²) in [5.41, 5.74) is 0.627. The molecule has 0 radical (unpaired) electrons. The number of oxazole rings is 1. The fraction of sp³-hybridized carbons (Fsp3) is 0.389. The minimum Gasteiger partial charge on any atom is -0.486 e. The Kier molecular flexibility index (Phi) is 5.40. The topological polar surface area (TPSA) is 111 Å². The van der Waals surface area contributed by atoms with Gasteiger partial charge in [0.2, 0.25) is 0 Å². The average Bonchev–Trinajstić information content (AvgIpc) is 3.14. The number of fused-ring (bicyclic) bond motifs is 1. The van der Waals surface area contributed by atoms with Crippen molar-refractivity contribution in [1.29, 1.82) is 0 Å². The number of hydrogen-bond acceptors (Lipinski definition) is 6. The molecule has 8 heteroatoms. The number of carbonyl (C=O) groups is 2. The minimum atomic E-state index is -1.07. The number of hydrogen-bond donors (Lipinski definition) is 2. The zero-order chi connectivity index (χ0) is 18.5. The van der Waals surface area contributed by atoms with Gasteiger partial charge in [-0.1, -0.05) is 19.8 Å². The molecule has 0 aliphatic carbocycles. The Labute approximate surface area is 150 Å². The van der Waals surface area contributed by atoms with Crippen LogP contribution in [0.3, 0.4) is 0 Å². The van der Waals surface area contributed by atoms with E-state index in [1.165, 1.54) is 0 Å². The minimum absolute atomic E-state index is 0.0319. The van der Waals surface area contributed by atoms with E-state index in [2.05, 4.69) is 10.3 Å². The number of aromatic nitrogens is 1. The van der Waals surface area contributed by atoms with Gasteiger partial charge in [0.05, 0.1) is 0 Å². The molecule has 26 heavy (non-hydrogen) atoms. The van der Waals surface area contributed by atoms with Crippen LogP contribution in [0, 0.1) is 0 Å². The van der Waals surface area contributed by atoms with Gasteiger partial charge in [0.15, 0.2) is 29.3 Å². The highest BCUT2D eigenvalue weighted by Gasteiger charge is 2.25. The number of nitrogens with zero attached hydrogens (tertiary/aromatic N) is 1. The van der Waals surface area contributed by atoms with Crippen molar-refractivity contribution in [3.63, 3.8) is 0 Å². The molecule has 0 spiro atoms. The number of aliphatic carboxylic acids is 1. The van der Waals surface area contributed by atoms with E-state index in [4.69, 9.17) is 13.9 Å². The van der Waals surface area contributed by atoms with E-state index in [1.54, 1.807) is 18.2 Å². The number of ether oxygens (including phenoxy) is 2. The third kappa shape index (κ3) is 3.79. The van der Waals surface area contributed by atoms with Gasteiger partial charge in [0.1, 0.15) is 19.3 Å². The monoisotopic (exact) mass is 360 g/mol. The molecular formula is C18H20N2O6. The Balaban J connectivity index is 1.81. The van der Waals surface area contributed by atoms with E-state index in [0.717, 1.165) is 12.8 Å². The number of carboxylic acids is 1. The molecule has 0 bridgehead atoms. The van der Waals surface area contributed by atoms with Crippen molar-refractivity contribution < 1.29 is 28.6 Å². The summed E-state index contributed by atoms with van der Waals surface area (Å²) in [6.45, 7) is 2.88.